The van der Waals surface area contributed by atoms with E-state index in [0.29, 0.717) is 17.9 Å². The molecular formula is C18H20N6O2. The zero-order chi connectivity index (χ0) is 18.5. The van der Waals surface area contributed by atoms with E-state index < -0.39 is 0 Å². The Morgan fingerprint density at radius 1 is 1.31 bits per heavy atom. The van der Waals surface area contributed by atoms with Gasteiger partial charge in [-0.1, -0.05) is 6.07 Å². The third kappa shape index (κ3) is 4.09. The molecule has 134 valence electrons. The predicted octanol–water partition coefficient (Wildman–Crippen LogP) is 1.80. The van der Waals surface area contributed by atoms with Crippen LogP contribution in [0.4, 0.5) is 0 Å². The number of carbonyl (C=O) groups is 1. The quantitative estimate of drug-likeness (QED) is 0.727. The van der Waals surface area contributed by atoms with Gasteiger partial charge in [-0.3, -0.25) is 9.78 Å². The minimum atomic E-state index is -0.196. The van der Waals surface area contributed by atoms with Gasteiger partial charge >= 0.3 is 0 Å². The number of benzene rings is 1. The summed E-state index contributed by atoms with van der Waals surface area (Å²) in [5.74, 6) is -0.196. The minimum Gasteiger partial charge on any atom is -0.383 e. The summed E-state index contributed by atoms with van der Waals surface area (Å²) in [7, 11) is 1.60. The number of hydrogen-bond acceptors (Lipinski definition) is 6. The Kier molecular flexibility index (Phi) is 5.33. The Morgan fingerprint density at radius 3 is 2.81 bits per heavy atom. The highest BCUT2D eigenvalue weighted by Crippen LogP contribution is 2.23. The van der Waals surface area contributed by atoms with Gasteiger partial charge in [0.2, 0.25) is 0 Å². The van der Waals surface area contributed by atoms with Crippen LogP contribution < -0.4 is 5.32 Å². The lowest BCUT2D eigenvalue weighted by molar-refractivity contribution is 0.0905. The second-order valence-corrected chi connectivity index (χ2v) is 6.07. The van der Waals surface area contributed by atoms with Crippen molar-refractivity contribution in [3.05, 3.63) is 54.0 Å². The topological polar surface area (TPSA) is 94.8 Å². The van der Waals surface area contributed by atoms with Crippen molar-refractivity contribution in [2.45, 2.75) is 19.9 Å². The molecule has 0 aliphatic heterocycles. The molecular weight excluding hydrogens is 332 g/mol. The van der Waals surface area contributed by atoms with E-state index in [4.69, 9.17) is 4.74 Å². The average Bonchev–Trinajstić information content (AvgIpc) is 3.17. The molecule has 1 atom stereocenters. The molecule has 2 heterocycles. The Balaban J connectivity index is 2.00. The van der Waals surface area contributed by atoms with Gasteiger partial charge in [0.25, 0.3) is 5.91 Å². The SMILES string of the molecule is COCC(C)NC(=O)c1cc(-c2ccc(C)cn2)cc(-n2cnnn2)c1. The van der Waals surface area contributed by atoms with Crippen LogP contribution in [0.1, 0.15) is 22.8 Å². The second kappa shape index (κ2) is 7.83. The van der Waals surface area contributed by atoms with Crippen LogP contribution >= 0.6 is 0 Å². The van der Waals surface area contributed by atoms with E-state index in [1.165, 1.54) is 11.0 Å². The maximum absolute atomic E-state index is 12.6. The molecule has 1 amide bonds. The largest absolute Gasteiger partial charge is 0.383 e. The van der Waals surface area contributed by atoms with Gasteiger partial charge in [0.05, 0.1) is 18.0 Å². The highest BCUT2D eigenvalue weighted by atomic mass is 16.5. The maximum atomic E-state index is 12.6. The van der Waals surface area contributed by atoms with Crippen molar-refractivity contribution in [2.24, 2.45) is 0 Å². The van der Waals surface area contributed by atoms with Crippen molar-refractivity contribution < 1.29 is 9.53 Å². The fraction of sp³-hybridized carbons (Fsp3) is 0.278. The van der Waals surface area contributed by atoms with E-state index in [9.17, 15) is 4.79 Å². The monoisotopic (exact) mass is 352 g/mol. The molecule has 8 nitrogen and oxygen atoms in total. The van der Waals surface area contributed by atoms with Crippen LogP contribution in [0.25, 0.3) is 16.9 Å². The van der Waals surface area contributed by atoms with Gasteiger partial charge in [0.15, 0.2) is 0 Å². The third-order valence-corrected chi connectivity index (χ3v) is 3.79. The highest BCUT2D eigenvalue weighted by Gasteiger charge is 2.14. The van der Waals surface area contributed by atoms with Crippen molar-refractivity contribution in [1.29, 1.82) is 0 Å². The first-order valence-corrected chi connectivity index (χ1v) is 8.18. The van der Waals surface area contributed by atoms with E-state index in [2.05, 4.69) is 25.8 Å². The number of rotatable bonds is 6. The number of hydrogen-bond donors (Lipinski definition) is 1. The first-order chi connectivity index (χ1) is 12.6. The molecule has 0 aliphatic rings. The summed E-state index contributed by atoms with van der Waals surface area (Å²) in [5.41, 5.74) is 3.82. The lowest BCUT2D eigenvalue weighted by Crippen LogP contribution is -2.35. The van der Waals surface area contributed by atoms with Gasteiger partial charge in [0, 0.05) is 30.5 Å². The minimum absolute atomic E-state index is 0.106. The average molecular weight is 352 g/mol. The molecule has 26 heavy (non-hydrogen) atoms. The molecule has 1 unspecified atom stereocenters. The molecule has 0 saturated carbocycles. The van der Waals surface area contributed by atoms with Gasteiger partial charge in [-0.15, -0.1) is 5.10 Å². The third-order valence-electron chi connectivity index (χ3n) is 3.79. The summed E-state index contributed by atoms with van der Waals surface area (Å²) in [6.07, 6.45) is 3.27. The summed E-state index contributed by atoms with van der Waals surface area (Å²) >= 11 is 0. The Bertz CT molecular complexity index is 877. The maximum Gasteiger partial charge on any atom is 0.251 e. The molecule has 3 aromatic rings. The molecule has 0 fully saturated rings. The van der Waals surface area contributed by atoms with Crippen LogP contribution in [0, 0.1) is 6.92 Å². The summed E-state index contributed by atoms with van der Waals surface area (Å²) in [4.78, 5) is 17.1. The van der Waals surface area contributed by atoms with Crippen LogP contribution in [-0.4, -0.2) is 50.9 Å². The molecule has 0 aliphatic carbocycles. The van der Waals surface area contributed by atoms with Gasteiger partial charge < -0.3 is 10.1 Å². The number of amides is 1. The van der Waals surface area contributed by atoms with Crippen molar-refractivity contribution in [3.63, 3.8) is 0 Å². The smallest absolute Gasteiger partial charge is 0.251 e. The molecule has 0 bridgehead atoms. The van der Waals surface area contributed by atoms with Gasteiger partial charge in [0.1, 0.15) is 6.33 Å². The van der Waals surface area contributed by atoms with Gasteiger partial charge in [-0.25, -0.2) is 4.68 Å². The second-order valence-electron chi connectivity index (χ2n) is 6.07. The summed E-state index contributed by atoms with van der Waals surface area (Å²) in [6.45, 7) is 4.30. The van der Waals surface area contributed by atoms with Gasteiger partial charge in [-0.2, -0.15) is 0 Å². The lowest BCUT2D eigenvalue weighted by Gasteiger charge is -2.14. The number of ether oxygens (including phenoxy) is 1. The Morgan fingerprint density at radius 2 is 2.15 bits per heavy atom. The van der Waals surface area contributed by atoms with E-state index in [0.717, 1.165) is 16.8 Å². The van der Waals surface area contributed by atoms with Crippen LogP contribution in [0.15, 0.2) is 42.9 Å². The van der Waals surface area contributed by atoms with E-state index >= 15 is 0 Å². The van der Waals surface area contributed by atoms with Crippen molar-refractivity contribution in [2.75, 3.05) is 13.7 Å². The molecule has 0 spiro atoms. The van der Waals surface area contributed by atoms with E-state index in [1.54, 1.807) is 25.4 Å². The van der Waals surface area contributed by atoms with Crippen molar-refractivity contribution in [1.82, 2.24) is 30.5 Å². The van der Waals surface area contributed by atoms with Crippen LogP contribution in [0.2, 0.25) is 0 Å². The first-order valence-electron chi connectivity index (χ1n) is 8.18. The van der Waals surface area contributed by atoms with Crippen molar-refractivity contribution in [3.8, 4) is 16.9 Å². The zero-order valence-electron chi connectivity index (χ0n) is 14.9. The van der Waals surface area contributed by atoms with Gasteiger partial charge in [-0.05, 0) is 54.1 Å². The number of methoxy groups -OCH3 is 1. The summed E-state index contributed by atoms with van der Waals surface area (Å²) < 4.78 is 6.58. The molecule has 1 aromatic carbocycles. The van der Waals surface area contributed by atoms with Crippen molar-refractivity contribution >= 4 is 5.91 Å². The standard InChI is InChI=1S/C18H20N6O2/c1-12-4-5-17(19-9-12)14-6-15(18(25)21-13(2)10-26-3)8-16(7-14)24-11-20-22-23-24/h4-9,11,13H,10H2,1-3H3,(H,21,25). The van der Waals surface area contributed by atoms with Crippen LogP contribution in [-0.2, 0) is 4.74 Å². The molecule has 0 radical (unpaired) electrons. The predicted molar refractivity (Wildman–Crippen MR) is 95.9 cm³/mol. The van der Waals surface area contributed by atoms with E-state index in [1.807, 2.05) is 32.0 Å². The summed E-state index contributed by atoms with van der Waals surface area (Å²) in [5, 5.41) is 14.1. The Hall–Kier alpha value is -3.13. The molecule has 1 N–H and O–H groups in total. The number of carbonyl (C=O) groups excluding carboxylic acids is 1. The molecule has 2 aromatic heterocycles. The highest BCUT2D eigenvalue weighted by molar-refractivity contribution is 5.96. The fourth-order valence-electron chi connectivity index (χ4n) is 2.54. The normalized spacial score (nSPS) is 12.0. The van der Waals surface area contributed by atoms with E-state index in [-0.39, 0.29) is 11.9 Å². The van der Waals surface area contributed by atoms with Crippen LogP contribution in [0.5, 0.6) is 0 Å². The number of aromatic nitrogens is 5. The zero-order valence-corrected chi connectivity index (χ0v) is 14.9. The number of nitrogens with one attached hydrogen (secondary N) is 1. The van der Waals surface area contributed by atoms with Crippen LogP contribution in [0.3, 0.4) is 0 Å². The number of tetrazole rings is 1. The Labute approximate surface area is 151 Å². The lowest BCUT2D eigenvalue weighted by atomic mass is 10.0. The molecule has 8 heteroatoms. The fourth-order valence-corrected chi connectivity index (χ4v) is 2.54. The number of aryl methyl sites for hydroxylation is 1. The number of pyridine rings is 1. The number of nitrogens with zero attached hydrogens (tertiary/aromatic N) is 5. The summed E-state index contributed by atoms with van der Waals surface area (Å²) in [6, 6.07) is 9.23. The first kappa shape index (κ1) is 17.7. The molecule has 3 rings (SSSR count). The molecule has 0 saturated heterocycles.